The van der Waals surface area contributed by atoms with Crippen molar-refractivity contribution in [1.82, 2.24) is 0 Å². The average molecular weight is 874 g/mol. The Morgan fingerprint density at radius 2 is 0.894 bits per heavy atom. The molecule has 6 aromatic carbocycles. The third-order valence-corrected chi connectivity index (χ3v) is 11.2. The predicted octanol–water partition coefficient (Wildman–Crippen LogP) is 14.8. The van der Waals surface area contributed by atoms with E-state index in [4.69, 9.17) is 0 Å². The number of rotatable bonds is 2. The molecule has 0 N–H and O–H groups in total. The van der Waals surface area contributed by atoms with Crippen LogP contribution in [0.2, 0.25) is 0 Å². The summed E-state index contributed by atoms with van der Waals surface area (Å²) in [6, 6.07) is 44.2. The van der Waals surface area contributed by atoms with Gasteiger partial charge in [0.2, 0.25) is 0 Å². The normalized spacial score (nSPS) is 13.2. The Bertz CT molecular complexity index is 2010. The van der Waals surface area contributed by atoms with Gasteiger partial charge >= 0.3 is 0 Å². The van der Waals surface area contributed by atoms with Crippen molar-refractivity contribution in [2.75, 3.05) is 0 Å². The molecule has 0 spiro atoms. The van der Waals surface area contributed by atoms with E-state index in [1.807, 2.05) is 0 Å². The Labute approximate surface area is 314 Å². The molecule has 0 nitrogen and oxygen atoms in total. The van der Waals surface area contributed by atoms with Crippen LogP contribution in [0.1, 0.15) is 72.2 Å². The molecule has 0 amide bonds. The van der Waals surface area contributed by atoms with Crippen molar-refractivity contribution in [1.29, 1.82) is 0 Å². The first-order valence-electron chi connectivity index (χ1n) is 15.0. The van der Waals surface area contributed by atoms with Crippen molar-refractivity contribution in [3.8, 4) is 22.3 Å². The van der Waals surface area contributed by atoms with Crippen LogP contribution in [0, 0.1) is 13.8 Å². The molecule has 0 aromatic heterocycles. The highest BCUT2D eigenvalue weighted by atomic mass is 79.9. The molecule has 0 fully saturated rings. The zero-order valence-electron chi connectivity index (χ0n) is 25.1. The zero-order valence-corrected chi connectivity index (χ0v) is 31.5. The van der Waals surface area contributed by atoms with Gasteiger partial charge in [-0.15, -0.1) is 0 Å². The quantitative estimate of drug-likeness (QED) is 0.162. The van der Waals surface area contributed by atoms with Gasteiger partial charge in [0.15, 0.2) is 0 Å². The average Bonchev–Trinajstić information content (AvgIpc) is 3.45. The van der Waals surface area contributed by atoms with E-state index in [0.717, 1.165) is 17.9 Å². The number of fused-ring (bicyclic) bond motifs is 6. The molecule has 0 unspecified atom stereocenters. The van der Waals surface area contributed by atoms with Crippen molar-refractivity contribution in [3.05, 3.63) is 184 Å². The molecule has 8 rings (SSSR count). The Morgan fingerprint density at radius 1 is 0.468 bits per heavy atom. The Hall–Kier alpha value is -2.76. The molecular weight excluding hydrogens is 836 g/mol. The highest BCUT2D eigenvalue weighted by molar-refractivity contribution is 9.11. The minimum absolute atomic E-state index is 0. The fourth-order valence-corrected chi connectivity index (χ4v) is 8.63. The van der Waals surface area contributed by atoms with Gasteiger partial charge < -0.3 is 0 Å². The monoisotopic (exact) mass is 870 g/mol. The van der Waals surface area contributed by atoms with Crippen molar-refractivity contribution >= 4 is 63.7 Å². The molecule has 0 saturated heterocycles. The molecule has 6 aromatic rings. The van der Waals surface area contributed by atoms with Crippen molar-refractivity contribution in [2.24, 2.45) is 0 Å². The maximum absolute atomic E-state index is 3.65. The van der Waals surface area contributed by atoms with Gasteiger partial charge in [0.25, 0.3) is 0 Å². The summed E-state index contributed by atoms with van der Waals surface area (Å²) in [4.78, 5) is 0. The standard InChI is InChI=1S/C21H16Br2.C20H14Br2.2CH4/c1-13-4-3-5-14(10-13)21(2)19-11-15(22)6-8-17(19)18-9-7-16(23)12-20(18)21;1-12-3-2-4-13(9-12)20-18-10-14(21)5-7-16(18)17-8-6-15(22)11-19(17)20;;/h3-12H,1-2H3;2-11,20H,1H3;2*1H4. The number of hydrogen-bond acceptors (Lipinski definition) is 0. The number of benzene rings is 6. The van der Waals surface area contributed by atoms with Crippen LogP contribution in [0.25, 0.3) is 22.3 Å². The van der Waals surface area contributed by atoms with E-state index >= 15 is 0 Å². The molecular formula is C43H38Br4. The topological polar surface area (TPSA) is 0 Å². The van der Waals surface area contributed by atoms with Crippen molar-refractivity contribution in [2.45, 2.75) is 47.0 Å². The molecule has 0 saturated carbocycles. The highest BCUT2D eigenvalue weighted by Gasteiger charge is 2.41. The minimum atomic E-state index is -0.135. The van der Waals surface area contributed by atoms with Gasteiger partial charge in [-0.3, -0.25) is 0 Å². The Morgan fingerprint density at radius 3 is 1.36 bits per heavy atom. The van der Waals surface area contributed by atoms with Crippen LogP contribution in [-0.2, 0) is 5.41 Å². The second-order valence-corrected chi connectivity index (χ2v) is 15.8. The Balaban J connectivity index is 0.000000177. The maximum atomic E-state index is 3.65. The van der Waals surface area contributed by atoms with Gasteiger partial charge in [0, 0.05) is 29.2 Å². The van der Waals surface area contributed by atoms with Gasteiger partial charge in [-0.05, 0) is 125 Å². The maximum Gasteiger partial charge on any atom is 0.0436 e. The molecule has 0 atom stereocenters. The second kappa shape index (κ2) is 14.0. The van der Waals surface area contributed by atoms with Gasteiger partial charge in [-0.1, -0.05) is 162 Å². The van der Waals surface area contributed by atoms with Crippen LogP contribution in [0.5, 0.6) is 0 Å². The summed E-state index contributed by atoms with van der Waals surface area (Å²) in [6.45, 7) is 6.65. The van der Waals surface area contributed by atoms with E-state index in [9.17, 15) is 0 Å². The van der Waals surface area contributed by atoms with Crippen LogP contribution >= 0.6 is 63.7 Å². The van der Waals surface area contributed by atoms with Crippen LogP contribution in [0.15, 0.2) is 139 Å². The van der Waals surface area contributed by atoms with Crippen LogP contribution in [0.3, 0.4) is 0 Å². The molecule has 238 valence electrons. The molecule has 0 heterocycles. The fourth-order valence-electron chi connectivity index (χ4n) is 7.15. The van der Waals surface area contributed by atoms with Crippen LogP contribution < -0.4 is 0 Å². The first-order chi connectivity index (χ1) is 21.6. The number of halogens is 4. The lowest BCUT2D eigenvalue weighted by Gasteiger charge is -2.29. The van der Waals surface area contributed by atoms with Crippen molar-refractivity contribution in [3.63, 3.8) is 0 Å². The predicted molar refractivity (Wildman–Crippen MR) is 217 cm³/mol. The SMILES string of the molecule is C.C.Cc1cccc(C2(C)c3cc(Br)ccc3-c3ccc(Br)cc32)c1.Cc1cccc(C2c3cc(Br)ccc3-c3ccc(Br)cc32)c1. The van der Waals surface area contributed by atoms with Gasteiger partial charge in [-0.25, -0.2) is 0 Å². The number of hydrogen-bond donors (Lipinski definition) is 0. The summed E-state index contributed by atoms with van der Waals surface area (Å²) in [5, 5.41) is 0. The second-order valence-electron chi connectivity index (χ2n) is 12.2. The molecule has 4 heteroatoms. The summed E-state index contributed by atoms with van der Waals surface area (Å²) in [7, 11) is 0. The summed E-state index contributed by atoms with van der Waals surface area (Å²) in [5.41, 5.74) is 16.0. The summed E-state index contributed by atoms with van der Waals surface area (Å²) in [6.07, 6.45) is 0. The van der Waals surface area contributed by atoms with Gasteiger partial charge in [0.05, 0.1) is 0 Å². The first kappa shape index (κ1) is 35.5. The zero-order chi connectivity index (χ0) is 31.5. The smallest absolute Gasteiger partial charge is 0.0436 e. The van der Waals surface area contributed by atoms with E-state index in [1.54, 1.807) is 0 Å². The highest BCUT2D eigenvalue weighted by Crippen LogP contribution is 2.54. The van der Waals surface area contributed by atoms with E-state index in [0.29, 0.717) is 5.92 Å². The molecule has 2 aliphatic carbocycles. The van der Waals surface area contributed by atoms with E-state index in [-0.39, 0.29) is 20.3 Å². The lowest BCUT2D eigenvalue weighted by atomic mass is 9.74. The molecule has 2 aliphatic rings. The van der Waals surface area contributed by atoms with E-state index in [1.165, 1.54) is 66.8 Å². The van der Waals surface area contributed by atoms with Gasteiger partial charge in [0.1, 0.15) is 0 Å². The lowest BCUT2D eigenvalue weighted by Crippen LogP contribution is -2.22. The van der Waals surface area contributed by atoms with Crippen LogP contribution in [0.4, 0.5) is 0 Å². The van der Waals surface area contributed by atoms with E-state index in [2.05, 4.69) is 206 Å². The third-order valence-electron chi connectivity index (χ3n) is 9.24. The summed E-state index contributed by atoms with van der Waals surface area (Å²) < 4.78 is 4.52. The number of aryl methyl sites for hydroxylation is 2. The Kier molecular flexibility index (Phi) is 10.6. The van der Waals surface area contributed by atoms with Gasteiger partial charge in [-0.2, -0.15) is 0 Å². The summed E-state index contributed by atoms with van der Waals surface area (Å²) in [5.74, 6) is 0.305. The largest absolute Gasteiger partial charge is 0.0776 e. The third kappa shape index (κ3) is 6.39. The minimum Gasteiger partial charge on any atom is -0.0776 e. The van der Waals surface area contributed by atoms with Crippen LogP contribution in [-0.4, -0.2) is 0 Å². The molecule has 0 bridgehead atoms. The fraction of sp³-hybridized carbons (Fsp3) is 0.163. The molecule has 47 heavy (non-hydrogen) atoms. The van der Waals surface area contributed by atoms with E-state index < -0.39 is 0 Å². The molecule has 0 radical (unpaired) electrons. The van der Waals surface area contributed by atoms with Crippen molar-refractivity contribution < 1.29 is 0 Å². The lowest BCUT2D eigenvalue weighted by molar-refractivity contribution is 0.712. The summed E-state index contributed by atoms with van der Waals surface area (Å²) >= 11 is 14.6. The first-order valence-corrected chi connectivity index (χ1v) is 18.1. The molecule has 0 aliphatic heterocycles.